The van der Waals surface area contributed by atoms with Crippen molar-refractivity contribution in [2.24, 2.45) is 0 Å². The second-order valence-corrected chi connectivity index (χ2v) is 4.69. The zero-order valence-electron chi connectivity index (χ0n) is 11.3. The predicted molar refractivity (Wildman–Crippen MR) is 64.7 cm³/mol. The number of nitrogens with zero attached hydrogens (tertiary/aromatic N) is 1. The van der Waals surface area contributed by atoms with Gasteiger partial charge in [0.05, 0.1) is 22.4 Å². The lowest BCUT2D eigenvalue weighted by molar-refractivity contribution is -0.143. The van der Waals surface area contributed by atoms with Gasteiger partial charge in [0.1, 0.15) is 0 Å². The third-order valence-electron chi connectivity index (χ3n) is 3.01. The van der Waals surface area contributed by atoms with Gasteiger partial charge in [-0.2, -0.15) is 39.5 Å². The maximum absolute atomic E-state index is 13.0. The summed E-state index contributed by atoms with van der Waals surface area (Å²) in [5.41, 5.74) is -5.66. The van der Waals surface area contributed by atoms with Crippen molar-refractivity contribution in [2.45, 2.75) is 18.5 Å². The molecule has 1 aromatic carbocycles. The Hall–Kier alpha value is -2.26. The van der Waals surface area contributed by atoms with Gasteiger partial charge in [0, 0.05) is 11.8 Å². The van der Waals surface area contributed by atoms with Crippen molar-refractivity contribution in [3.8, 4) is 11.3 Å². The average Bonchev–Trinajstić information content (AvgIpc) is 2.44. The summed E-state index contributed by atoms with van der Waals surface area (Å²) in [5.74, 6) is 0. The highest BCUT2D eigenvalue weighted by atomic mass is 19.4. The van der Waals surface area contributed by atoms with Crippen LogP contribution in [0.5, 0.6) is 0 Å². The van der Waals surface area contributed by atoms with Crippen molar-refractivity contribution in [3.63, 3.8) is 0 Å². The first-order chi connectivity index (χ1) is 10.8. The van der Waals surface area contributed by atoms with Crippen LogP contribution in [0.2, 0.25) is 0 Å². The molecule has 0 bridgehead atoms. The van der Waals surface area contributed by atoms with E-state index in [1.54, 1.807) is 0 Å². The fourth-order valence-electron chi connectivity index (χ4n) is 1.88. The average molecular weight is 359 g/mol. The summed E-state index contributed by atoms with van der Waals surface area (Å²) in [7, 11) is 0. The van der Waals surface area contributed by atoms with E-state index in [0.29, 0.717) is 24.3 Å². The first-order valence-electron chi connectivity index (χ1n) is 6.12. The number of rotatable bonds is 1. The van der Waals surface area contributed by atoms with Gasteiger partial charge >= 0.3 is 18.5 Å². The standard InChI is InChI=1S/C14H6F9N/c15-12(16,17)8-3-1-7(2-4-8)11-10(14(21,22)23)5-9(6-24-11)13(18,19)20/h1-6H. The smallest absolute Gasteiger partial charge is 0.255 e. The van der Waals surface area contributed by atoms with Crippen LogP contribution in [0.4, 0.5) is 39.5 Å². The van der Waals surface area contributed by atoms with Gasteiger partial charge in [-0.25, -0.2) is 0 Å². The molecular weight excluding hydrogens is 353 g/mol. The number of alkyl halides is 9. The van der Waals surface area contributed by atoms with Gasteiger partial charge in [-0.15, -0.1) is 0 Å². The molecule has 1 aromatic heterocycles. The minimum absolute atomic E-state index is 0.125. The van der Waals surface area contributed by atoms with E-state index in [1.165, 1.54) is 0 Å². The molecule has 0 N–H and O–H groups in total. The minimum atomic E-state index is -5.16. The third-order valence-corrected chi connectivity index (χ3v) is 3.01. The second-order valence-electron chi connectivity index (χ2n) is 4.69. The number of hydrogen-bond donors (Lipinski definition) is 0. The van der Waals surface area contributed by atoms with Crippen LogP contribution in [0.3, 0.4) is 0 Å². The number of aromatic nitrogens is 1. The molecule has 0 atom stereocenters. The molecule has 1 heterocycles. The second kappa shape index (κ2) is 5.67. The predicted octanol–water partition coefficient (Wildman–Crippen LogP) is 5.81. The number of pyridine rings is 1. The van der Waals surface area contributed by atoms with Gasteiger partial charge in [0.2, 0.25) is 0 Å². The number of halogens is 9. The van der Waals surface area contributed by atoms with E-state index in [0.717, 1.165) is 0 Å². The molecule has 0 spiro atoms. The van der Waals surface area contributed by atoms with Crippen LogP contribution in [0.25, 0.3) is 11.3 Å². The van der Waals surface area contributed by atoms with Crippen molar-refractivity contribution in [3.05, 3.63) is 53.2 Å². The molecule has 0 unspecified atom stereocenters. The Morgan fingerprint density at radius 1 is 0.625 bits per heavy atom. The van der Waals surface area contributed by atoms with E-state index in [1.807, 2.05) is 0 Å². The Kier molecular flexibility index (Phi) is 4.28. The third kappa shape index (κ3) is 3.80. The lowest BCUT2D eigenvalue weighted by Gasteiger charge is -2.15. The van der Waals surface area contributed by atoms with Gasteiger partial charge in [0.25, 0.3) is 0 Å². The van der Waals surface area contributed by atoms with Gasteiger partial charge in [-0.3, -0.25) is 4.98 Å². The maximum atomic E-state index is 13.0. The van der Waals surface area contributed by atoms with Crippen LogP contribution in [0, 0.1) is 0 Å². The van der Waals surface area contributed by atoms with Crippen LogP contribution in [0.1, 0.15) is 16.7 Å². The molecule has 130 valence electrons. The summed E-state index contributed by atoms with van der Waals surface area (Å²) >= 11 is 0. The molecule has 2 rings (SSSR count). The highest BCUT2D eigenvalue weighted by molar-refractivity contribution is 5.64. The quantitative estimate of drug-likeness (QED) is 0.586. The van der Waals surface area contributed by atoms with E-state index in [2.05, 4.69) is 4.98 Å². The molecule has 10 heteroatoms. The molecule has 2 aromatic rings. The summed E-state index contributed by atoms with van der Waals surface area (Å²) in [5, 5.41) is 0. The SMILES string of the molecule is FC(F)(F)c1ccc(-c2ncc(C(F)(F)F)cc2C(F)(F)F)cc1. The van der Waals surface area contributed by atoms with Crippen LogP contribution >= 0.6 is 0 Å². The molecule has 0 aliphatic heterocycles. The molecule has 1 nitrogen and oxygen atoms in total. The van der Waals surface area contributed by atoms with Crippen molar-refractivity contribution in [1.29, 1.82) is 0 Å². The lowest BCUT2D eigenvalue weighted by Crippen LogP contribution is -2.13. The maximum Gasteiger partial charge on any atom is 0.418 e. The number of hydrogen-bond acceptors (Lipinski definition) is 1. The fourth-order valence-corrected chi connectivity index (χ4v) is 1.88. The van der Waals surface area contributed by atoms with Crippen molar-refractivity contribution >= 4 is 0 Å². The Labute approximate surface area is 128 Å². The monoisotopic (exact) mass is 359 g/mol. The molecule has 0 saturated carbocycles. The molecule has 0 aliphatic rings. The summed E-state index contributed by atoms with van der Waals surface area (Å²) < 4.78 is 114. The summed E-state index contributed by atoms with van der Waals surface area (Å²) in [6, 6.07) is 2.35. The molecule has 0 saturated heterocycles. The molecule has 0 fully saturated rings. The summed E-state index contributed by atoms with van der Waals surface area (Å²) in [6.45, 7) is 0. The van der Waals surface area contributed by atoms with Crippen LogP contribution < -0.4 is 0 Å². The Morgan fingerprint density at radius 3 is 1.54 bits per heavy atom. The van der Waals surface area contributed by atoms with Crippen LogP contribution in [0.15, 0.2) is 36.5 Å². The van der Waals surface area contributed by atoms with Gasteiger partial charge in [0.15, 0.2) is 0 Å². The Balaban J connectivity index is 2.58. The topological polar surface area (TPSA) is 12.9 Å². The van der Waals surface area contributed by atoms with Gasteiger partial charge in [-0.05, 0) is 18.2 Å². The van der Waals surface area contributed by atoms with Crippen LogP contribution in [-0.2, 0) is 18.5 Å². The van der Waals surface area contributed by atoms with E-state index < -0.39 is 40.9 Å². The first-order valence-corrected chi connectivity index (χ1v) is 6.12. The number of benzene rings is 1. The Bertz CT molecular complexity index is 724. The van der Waals surface area contributed by atoms with Crippen molar-refractivity contribution < 1.29 is 39.5 Å². The zero-order valence-corrected chi connectivity index (χ0v) is 11.3. The molecule has 24 heavy (non-hydrogen) atoms. The Morgan fingerprint density at radius 2 is 1.12 bits per heavy atom. The summed E-state index contributed by atoms with van der Waals surface area (Å²) in [4.78, 5) is 3.15. The molecular formula is C14H6F9N. The lowest BCUT2D eigenvalue weighted by atomic mass is 10.0. The van der Waals surface area contributed by atoms with E-state index >= 15 is 0 Å². The van der Waals surface area contributed by atoms with E-state index in [-0.39, 0.29) is 17.8 Å². The van der Waals surface area contributed by atoms with Gasteiger partial charge in [-0.1, -0.05) is 12.1 Å². The largest absolute Gasteiger partial charge is 0.418 e. The summed E-state index contributed by atoms with van der Waals surface area (Å²) in [6.07, 6.45) is -14.7. The van der Waals surface area contributed by atoms with E-state index in [9.17, 15) is 39.5 Å². The first kappa shape index (κ1) is 18.1. The molecule has 0 amide bonds. The van der Waals surface area contributed by atoms with E-state index in [4.69, 9.17) is 0 Å². The zero-order chi connectivity index (χ0) is 18.3. The molecule has 0 aliphatic carbocycles. The highest BCUT2D eigenvalue weighted by Gasteiger charge is 2.39. The van der Waals surface area contributed by atoms with Gasteiger partial charge < -0.3 is 0 Å². The normalized spacial score (nSPS) is 13.2. The van der Waals surface area contributed by atoms with Crippen molar-refractivity contribution in [1.82, 2.24) is 4.98 Å². The highest BCUT2D eigenvalue weighted by Crippen LogP contribution is 2.40. The molecule has 0 radical (unpaired) electrons. The van der Waals surface area contributed by atoms with Crippen molar-refractivity contribution in [2.75, 3.05) is 0 Å². The van der Waals surface area contributed by atoms with Crippen LogP contribution in [-0.4, -0.2) is 4.98 Å². The fraction of sp³-hybridized carbons (Fsp3) is 0.214. The minimum Gasteiger partial charge on any atom is -0.255 e.